The number of β-lactam (4-membered cyclic amide) rings is 1. The second-order valence-corrected chi connectivity index (χ2v) is 7.43. The molecule has 0 bridgehead atoms. The molecule has 3 atom stereocenters. The Bertz CT molecular complexity index is 527. The summed E-state index contributed by atoms with van der Waals surface area (Å²) in [5.41, 5.74) is 0.434. The molecule has 110 valence electrons. The fourth-order valence-corrected chi connectivity index (χ4v) is 5.16. The van der Waals surface area contributed by atoms with E-state index in [-0.39, 0.29) is 15.8 Å². The molecule has 2 aliphatic heterocycles. The van der Waals surface area contributed by atoms with Gasteiger partial charge in [0.15, 0.2) is 5.37 Å². The van der Waals surface area contributed by atoms with Crippen molar-refractivity contribution in [3.63, 3.8) is 0 Å². The number of ether oxygens (including phenoxy) is 1. The van der Waals surface area contributed by atoms with E-state index in [0.29, 0.717) is 12.1 Å². The van der Waals surface area contributed by atoms with Crippen LogP contribution in [-0.4, -0.2) is 50.7 Å². The van der Waals surface area contributed by atoms with Gasteiger partial charge in [0.1, 0.15) is 12.1 Å². The van der Waals surface area contributed by atoms with Crippen molar-refractivity contribution >= 4 is 29.6 Å². The standard InChI is InChI=1S/C13H17NO5S/c1-7(5-10(16)19-4)14-8(15)6-9(14)20-13(2,3)11(14)12(17)18/h5,9,11H,6H2,1-4H3/p+1/t9-,11+,14?/m1/s1. The number of thioether (sulfide) groups is 1. The summed E-state index contributed by atoms with van der Waals surface area (Å²) in [6.45, 7) is 5.28. The minimum absolute atomic E-state index is 0.139. The number of allylic oxidation sites excluding steroid dienone is 1. The summed E-state index contributed by atoms with van der Waals surface area (Å²) in [5.74, 6) is -1.75. The molecule has 7 heteroatoms. The number of hydrogen-bond donors (Lipinski definition) is 1. The Morgan fingerprint density at radius 1 is 1.50 bits per heavy atom. The Balaban J connectivity index is 2.54. The average molecular weight is 300 g/mol. The summed E-state index contributed by atoms with van der Waals surface area (Å²) in [6, 6.07) is -0.889. The second kappa shape index (κ2) is 4.60. The predicted molar refractivity (Wildman–Crippen MR) is 72.5 cm³/mol. The van der Waals surface area contributed by atoms with Gasteiger partial charge < -0.3 is 9.84 Å². The lowest BCUT2D eigenvalue weighted by atomic mass is 9.92. The molecule has 6 nitrogen and oxygen atoms in total. The molecule has 0 aliphatic carbocycles. The van der Waals surface area contributed by atoms with Crippen LogP contribution in [0.2, 0.25) is 0 Å². The lowest BCUT2D eigenvalue weighted by molar-refractivity contribution is -0.866. The van der Waals surface area contributed by atoms with Crippen LogP contribution in [0.25, 0.3) is 0 Å². The highest BCUT2D eigenvalue weighted by Crippen LogP contribution is 2.58. The zero-order chi connectivity index (χ0) is 15.3. The first-order valence-corrected chi connectivity index (χ1v) is 7.15. The van der Waals surface area contributed by atoms with Gasteiger partial charge in [-0.2, -0.15) is 0 Å². The first-order valence-electron chi connectivity index (χ1n) is 6.27. The summed E-state index contributed by atoms with van der Waals surface area (Å²) >= 11 is 1.50. The minimum Gasteiger partial charge on any atom is -0.477 e. The van der Waals surface area contributed by atoms with E-state index in [1.807, 2.05) is 13.8 Å². The Morgan fingerprint density at radius 2 is 2.10 bits per heavy atom. The predicted octanol–water partition coefficient (Wildman–Crippen LogP) is 1.11. The third-order valence-electron chi connectivity index (χ3n) is 4.07. The van der Waals surface area contributed by atoms with Gasteiger partial charge in [-0.3, -0.25) is 0 Å². The SMILES string of the molecule is COC(=O)C=C(C)[N+]12C(=O)C[C@H]1SC(C)(C)[C@@H]2C(=O)O. The summed E-state index contributed by atoms with van der Waals surface area (Å²) in [7, 11) is 1.25. The van der Waals surface area contributed by atoms with Crippen LogP contribution in [-0.2, 0) is 19.1 Å². The molecule has 20 heavy (non-hydrogen) atoms. The fraction of sp³-hybridized carbons (Fsp3) is 0.615. The topological polar surface area (TPSA) is 80.7 Å². The highest BCUT2D eigenvalue weighted by atomic mass is 32.2. The van der Waals surface area contributed by atoms with Gasteiger partial charge in [0.05, 0.1) is 17.9 Å². The van der Waals surface area contributed by atoms with Gasteiger partial charge in [-0.05, 0) is 13.8 Å². The highest BCUT2D eigenvalue weighted by molar-refractivity contribution is 8.01. The molecular formula is C13H18NO5S+. The van der Waals surface area contributed by atoms with E-state index in [9.17, 15) is 19.5 Å². The summed E-state index contributed by atoms with van der Waals surface area (Å²) in [4.78, 5) is 35.4. The van der Waals surface area contributed by atoms with Crippen molar-refractivity contribution in [2.75, 3.05) is 7.11 Å². The Kier molecular flexibility index (Phi) is 3.46. The van der Waals surface area contributed by atoms with Crippen molar-refractivity contribution in [2.24, 2.45) is 0 Å². The number of carboxylic acids is 1. The van der Waals surface area contributed by atoms with Gasteiger partial charge in [0.2, 0.25) is 6.04 Å². The molecule has 0 radical (unpaired) electrons. The van der Waals surface area contributed by atoms with Crippen LogP contribution in [0.5, 0.6) is 0 Å². The van der Waals surface area contributed by atoms with Gasteiger partial charge in [0, 0.05) is 6.92 Å². The fourth-order valence-electron chi connectivity index (χ4n) is 3.27. The first-order chi connectivity index (χ1) is 9.17. The van der Waals surface area contributed by atoms with Crippen LogP contribution < -0.4 is 0 Å². The summed E-state index contributed by atoms with van der Waals surface area (Å²) in [5, 5.41) is 9.43. The second-order valence-electron chi connectivity index (χ2n) is 5.60. The summed E-state index contributed by atoms with van der Waals surface area (Å²) in [6.07, 6.45) is 1.56. The molecule has 1 N–H and O–H groups in total. The molecule has 0 aromatic heterocycles. The number of carboxylic acid groups (broad SMARTS) is 1. The monoisotopic (exact) mass is 300 g/mol. The Morgan fingerprint density at radius 3 is 2.55 bits per heavy atom. The van der Waals surface area contributed by atoms with E-state index in [1.54, 1.807) is 6.92 Å². The van der Waals surface area contributed by atoms with E-state index >= 15 is 0 Å². The largest absolute Gasteiger partial charge is 0.477 e. The summed E-state index contributed by atoms with van der Waals surface area (Å²) < 4.78 is 3.74. The van der Waals surface area contributed by atoms with Crippen LogP contribution >= 0.6 is 11.8 Å². The van der Waals surface area contributed by atoms with Crippen LogP contribution in [0.3, 0.4) is 0 Å². The van der Waals surface area contributed by atoms with Crippen molar-refractivity contribution in [1.82, 2.24) is 0 Å². The molecule has 1 unspecified atom stereocenters. The van der Waals surface area contributed by atoms with E-state index in [2.05, 4.69) is 4.74 Å². The number of aliphatic carboxylic acids is 1. The number of amides is 1. The molecule has 2 aliphatic rings. The third kappa shape index (κ3) is 1.80. The van der Waals surface area contributed by atoms with Crippen molar-refractivity contribution in [3.05, 3.63) is 11.8 Å². The van der Waals surface area contributed by atoms with E-state index in [1.165, 1.54) is 24.9 Å². The van der Waals surface area contributed by atoms with Gasteiger partial charge in [0.25, 0.3) is 0 Å². The van der Waals surface area contributed by atoms with Gasteiger partial charge >= 0.3 is 17.8 Å². The zero-order valence-corrected chi connectivity index (χ0v) is 12.7. The number of rotatable bonds is 3. The van der Waals surface area contributed by atoms with Gasteiger partial charge in [-0.25, -0.2) is 18.9 Å². The van der Waals surface area contributed by atoms with Gasteiger partial charge in [-0.1, -0.05) is 11.8 Å². The van der Waals surface area contributed by atoms with Crippen LogP contribution in [0.1, 0.15) is 27.2 Å². The lowest BCUT2D eigenvalue weighted by Gasteiger charge is -2.46. The minimum atomic E-state index is -1.02. The van der Waals surface area contributed by atoms with Gasteiger partial charge in [-0.15, -0.1) is 0 Å². The third-order valence-corrected chi connectivity index (χ3v) is 5.67. The number of carbonyl (C=O) groups is 3. The molecule has 0 aromatic carbocycles. The van der Waals surface area contributed by atoms with E-state index in [4.69, 9.17) is 0 Å². The number of methoxy groups -OCH3 is 1. The molecule has 1 amide bonds. The quantitative estimate of drug-likeness (QED) is 0.364. The van der Waals surface area contributed by atoms with Crippen LogP contribution in [0, 0.1) is 0 Å². The van der Waals surface area contributed by atoms with Crippen molar-refractivity contribution in [1.29, 1.82) is 0 Å². The van der Waals surface area contributed by atoms with Crippen molar-refractivity contribution < 1.29 is 28.7 Å². The molecule has 2 saturated heterocycles. The number of hydrogen-bond acceptors (Lipinski definition) is 5. The molecule has 2 rings (SSSR count). The number of carbonyl (C=O) groups excluding carboxylic acids is 2. The Labute approximate surface area is 121 Å². The van der Waals surface area contributed by atoms with E-state index < -0.39 is 22.7 Å². The number of fused-ring (bicyclic) bond motifs is 1. The number of quaternary nitrogens is 1. The maximum Gasteiger partial charge on any atom is 0.365 e. The molecule has 0 saturated carbocycles. The van der Waals surface area contributed by atoms with Crippen LogP contribution in [0.15, 0.2) is 11.8 Å². The van der Waals surface area contributed by atoms with Crippen molar-refractivity contribution in [3.8, 4) is 0 Å². The average Bonchev–Trinajstić information content (AvgIpc) is 2.52. The number of esters is 1. The van der Waals surface area contributed by atoms with Crippen LogP contribution in [0.4, 0.5) is 0 Å². The highest BCUT2D eigenvalue weighted by Gasteiger charge is 2.74. The molecule has 0 aromatic rings. The molecule has 0 spiro atoms. The molecule has 2 fully saturated rings. The van der Waals surface area contributed by atoms with E-state index in [0.717, 1.165) is 0 Å². The molecule has 2 heterocycles. The maximum atomic E-state index is 12.3. The zero-order valence-electron chi connectivity index (χ0n) is 11.9. The van der Waals surface area contributed by atoms with Crippen molar-refractivity contribution in [2.45, 2.75) is 43.4 Å². The maximum absolute atomic E-state index is 12.3. The normalized spacial score (nSPS) is 35.2. The first kappa shape index (κ1) is 15.1. The Hall–Kier alpha value is -1.34. The smallest absolute Gasteiger partial charge is 0.365 e. The lowest BCUT2D eigenvalue weighted by Crippen LogP contribution is -2.71. The molecular weight excluding hydrogens is 282 g/mol. The number of nitrogens with zero attached hydrogens (tertiary/aromatic N) is 1.